The van der Waals surface area contributed by atoms with E-state index >= 15 is 0 Å². The van der Waals surface area contributed by atoms with Gasteiger partial charge in [-0.3, -0.25) is 4.79 Å². The first-order valence-electron chi connectivity index (χ1n) is 10.4. The third-order valence-corrected chi connectivity index (χ3v) is 7.49. The molecule has 1 N–H and O–H groups in total. The molecule has 2 atom stereocenters. The lowest BCUT2D eigenvalue weighted by atomic mass is 9.74. The van der Waals surface area contributed by atoms with Crippen LogP contribution in [0.25, 0.3) is 11.1 Å². The molecule has 3 nitrogen and oxygen atoms in total. The molecule has 6 heteroatoms. The van der Waals surface area contributed by atoms with Crippen LogP contribution in [0, 0.1) is 11.6 Å². The number of hydrogen-bond donors (Lipinski definition) is 1. The Hall–Kier alpha value is -2.57. The van der Waals surface area contributed by atoms with Gasteiger partial charge in [-0.05, 0) is 54.5 Å². The standard InChI is InChI=1S/C25H25F2NO2S/c1-17(18-4-6-19(7-5-18)21-9-8-20(26)15-22(21)27)28-12-10-25(11-13-29,16-24(28)30)23-3-2-14-31-23/h2-9,14-15,17,29H,10-13,16H2,1H3/t17-,25+/m0/s1. The summed E-state index contributed by atoms with van der Waals surface area (Å²) in [5, 5.41) is 11.6. The van der Waals surface area contributed by atoms with E-state index in [4.69, 9.17) is 0 Å². The summed E-state index contributed by atoms with van der Waals surface area (Å²) in [6.07, 6.45) is 1.78. The molecule has 1 fully saturated rings. The first-order valence-corrected chi connectivity index (χ1v) is 11.3. The molecule has 31 heavy (non-hydrogen) atoms. The zero-order chi connectivity index (χ0) is 22.0. The first-order chi connectivity index (χ1) is 14.9. The van der Waals surface area contributed by atoms with Gasteiger partial charge in [0, 0.05) is 41.5 Å². The maximum Gasteiger partial charge on any atom is 0.224 e. The molecule has 1 aromatic heterocycles. The van der Waals surface area contributed by atoms with E-state index in [0.29, 0.717) is 30.5 Å². The monoisotopic (exact) mass is 441 g/mol. The number of thiophene rings is 1. The topological polar surface area (TPSA) is 40.5 Å². The van der Waals surface area contributed by atoms with E-state index in [1.165, 1.54) is 12.1 Å². The molecule has 3 aromatic rings. The summed E-state index contributed by atoms with van der Waals surface area (Å²) in [5.74, 6) is -1.12. The summed E-state index contributed by atoms with van der Waals surface area (Å²) in [4.78, 5) is 16.2. The average molecular weight is 442 g/mol. The Kier molecular flexibility index (Phi) is 6.21. The highest BCUT2D eigenvalue weighted by Crippen LogP contribution is 2.43. The third kappa shape index (κ3) is 4.27. The van der Waals surface area contributed by atoms with Gasteiger partial charge in [0.1, 0.15) is 11.6 Å². The maximum atomic E-state index is 14.1. The molecule has 1 amide bonds. The largest absolute Gasteiger partial charge is 0.396 e. The van der Waals surface area contributed by atoms with Gasteiger partial charge < -0.3 is 10.0 Å². The number of hydrogen-bond acceptors (Lipinski definition) is 3. The molecule has 162 valence electrons. The molecule has 2 aromatic carbocycles. The van der Waals surface area contributed by atoms with Crippen molar-refractivity contribution in [1.82, 2.24) is 4.90 Å². The van der Waals surface area contributed by atoms with Gasteiger partial charge in [-0.1, -0.05) is 30.3 Å². The van der Waals surface area contributed by atoms with Crippen LogP contribution in [0.4, 0.5) is 8.78 Å². The molecule has 1 aliphatic rings. The Morgan fingerprint density at radius 1 is 1.16 bits per heavy atom. The van der Waals surface area contributed by atoms with E-state index in [0.717, 1.165) is 22.9 Å². The Morgan fingerprint density at radius 2 is 1.94 bits per heavy atom. The molecular weight excluding hydrogens is 416 g/mol. The van der Waals surface area contributed by atoms with E-state index in [1.54, 1.807) is 23.5 Å². The van der Waals surface area contributed by atoms with Crippen LogP contribution < -0.4 is 0 Å². The fourth-order valence-corrected chi connectivity index (χ4v) is 5.52. The summed E-state index contributed by atoms with van der Waals surface area (Å²) >= 11 is 1.64. The summed E-state index contributed by atoms with van der Waals surface area (Å²) in [6, 6.07) is 14.9. The second-order valence-electron chi connectivity index (χ2n) is 8.17. The molecule has 0 saturated carbocycles. The van der Waals surface area contributed by atoms with Crippen LogP contribution in [0.1, 0.15) is 42.7 Å². The number of likely N-dealkylation sites (tertiary alicyclic amines) is 1. The van der Waals surface area contributed by atoms with E-state index < -0.39 is 11.6 Å². The van der Waals surface area contributed by atoms with Crippen molar-refractivity contribution in [2.45, 2.75) is 37.6 Å². The minimum absolute atomic E-state index is 0.0577. The SMILES string of the molecule is C[C@@H](c1ccc(-c2ccc(F)cc2F)cc1)N1CC[C@](CCO)(c2cccs2)CC1=O. The number of nitrogens with zero attached hydrogens (tertiary/aromatic N) is 1. The van der Waals surface area contributed by atoms with Crippen molar-refractivity contribution >= 4 is 17.2 Å². The van der Waals surface area contributed by atoms with Crippen LogP contribution in [-0.4, -0.2) is 29.1 Å². The lowest BCUT2D eigenvalue weighted by molar-refractivity contribution is -0.138. The molecule has 1 aliphatic heterocycles. The molecule has 0 radical (unpaired) electrons. The zero-order valence-corrected chi connectivity index (χ0v) is 18.2. The number of benzene rings is 2. The molecule has 0 spiro atoms. The fraction of sp³-hybridized carbons (Fsp3) is 0.320. The maximum absolute atomic E-state index is 14.1. The van der Waals surface area contributed by atoms with Crippen molar-refractivity contribution in [1.29, 1.82) is 0 Å². The van der Waals surface area contributed by atoms with Gasteiger partial charge in [-0.2, -0.15) is 0 Å². The molecule has 0 unspecified atom stereocenters. The second-order valence-corrected chi connectivity index (χ2v) is 9.11. The van der Waals surface area contributed by atoms with Gasteiger partial charge in [0.05, 0.1) is 6.04 Å². The van der Waals surface area contributed by atoms with Gasteiger partial charge in [0.15, 0.2) is 0 Å². The zero-order valence-electron chi connectivity index (χ0n) is 17.4. The average Bonchev–Trinajstić information content (AvgIpc) is 3.30. The minimum Gasteiger partial charge on any atom is -0.396 e. The highest BCUT2D eigenvalue weighted by atomic mass is 32.1. The van der Waals surface area contributed by atoms with Crippen molar-refractivity contribution < 1.29 is 18.7 Å². The van der Waals surface area contributed by atoms with Crippen molar-refractivity contribution in [2.75, 3.05) is 13.2 Å². The smallest absolute Gasteiger partial charge is 0.224 e. The van der Waals surface area contributed by atoms with Crippen LogP contribution in [0.5, 0.6) is 0 Å². The van der Waals surface area contributed by atoms with Crippen LogP contribution >= 0.6 is 11.3 Å². The second kappa shape index (κ2) is 8.89. The Balaban J connectivity index is 1.51. The van der Waals surface area contributed by atoms with Crippen molar-refractivity contribution in [3.63, 3.8) is 0 Å². The normalized spacial score (nSPS) is 20.1. The van der Waals surface area contributed by atoms with E-state index in [9.17, 15) is 18.7 Å². The molecular formula is C25H25F2NO2S. The van der Waals surface area contributed by atoms with E-state index in [1.807, 2.05) is 35.4 Å². The predicted octanol–water partition coefficient (Wildman–Crippen LogP) is 5.70. The number of carbonyl (C=O) groups excluding carboxylic acids is 1. The minimum atomic E-state index is -0.602. The highest BCUT2D eigenvalue weighted by Gasteiger charge is 2.41. The Morgan fingerprint density at radius 3 is 2.55 bits per heavy atom. The van der Waals surface area contributed by atoms with Crippen molar-refractivity contribution in [2.24, 2.45) is 0 Å². The molecule has 2 heterocycles. The highest BCUT2D eigenvalue weighted by molar-refractivity contribution is 7.10. The summed E-state index contributed by atoms with van der Waals surface area (Å²) in [5.41, 5.74) is 1.68. The lowest BCUT2D eigenvalue weighted by Crippen LogP contribution is -2.47. The molecule has 0 bridgehead atoms. The van der Waals surface area contributed by atoms with Gasteiger partial charge in [0.2, 0.25) is 5.91 Å². The fourth-order valence-electron chi connectivity index (χ4n) is 4.53. The van der Waals surface area contributed by atoms with Gasteiger partial charge in [0.25, 0.3) is 0 Å². The number of rotatable bonds is 6. The number of carbonyl (C=O) groups is 1. The van der Waals surface area contributed by atoms with Crippen molar-refractivity contribution in [3.05, 3.63) is 82.1 Å². The Labute approximate surface area is 185 Å². The van der Waals surface area contributed by atoms with E-state index in [2.05, 4.69) is 6.07 Å². The van der Waals surface area contributed by atoms with Crippen LogP contribution in [0.15, 0.2) is 60.0 Å². The van der Waals surface area contributed by atoms with E-state index in [-0.39, 0.29) is 24.0 Å². The number of amides is 1. The van der Waals surface area contributed by atoms with Gasteiger partial charge >= 0.3 is 0 Å². The van der Waals surface area contributed by atoms with Crippen LogP contribution in [0.2, 0.25) is 0 Å². The lowest BCUT2D eigenvalue weighted by Gasteiger charge is -2.43. The number of aliphatic hydroxyl groups is 1. The summed E-state index contributed by atoms with van der Waals surface area (Å²) < 4.78 is 27.3. The number of piperidine rings is 1. The van der Waals surface area contributed by atoms with Crippen LogP contribution in [-0.2, 0) is 10.2 Å². The van der Waals surface area contributed by atoms with Crippen molar-refractivity contribution in [3.8, 4) is 11.1 Å². The molecule has 0 aliphatic carbocycles. The van der Waals surface area contributed by atoms with Crippen LogP contribution in [0.3, 0.4) is 0 Å². The quantitative estimate of drug-likeness (QED) is 0.533. The molecule has 4 rings (SSSR count). The van der Waals surface area contributed by atoms with Gasteiger partial charge in [-0.15, -0.1) is 11.3 Å². The number of halogens is 2. The first kappa shape index (κ1) is 21.7. The molecule has 1 saturated heterocycles. The predicted molar refractivity (Wildman–Crippen MR) is 119 cm³/mol. The third-order valence-electron chi connectivity index (χ3n) is 6.38. The summed E-state index contributed by atoms with van der Waals surface area (Å²) in [7, 11) is 0. The number of aliphatic hydroxyl groups excluding tert-OH is 1. The Bertz CT molecular complexity index is 1050. The van der Waals surface area contributed by atoms with Gasteiger partial charge in [-0.25, -0.2) is 8.78 Å². The summed E-state index contributed by atoms with van der Waals surface area (Å²) in [6.45, 7) is 2.67.